The van der Waals surface area contributed by atoms with Gasteiger partial charge in [-0.2, -0.15) is 0 Å². The predicted molar refractivity (Wildman–Crippen MR) is 44.6 cm³/mol. The molecule has 64 valence electrons. The van der Waals surface area contributed by atoms with Crippen LogP contribution >= 0.6 is 0 Å². The molecular weight excluding hydrogens is 155 g/mol. The molecule has 2 heteroatoms. The van der Waals surface area contributed by atoms with Gasteiger partial charge in [0.1, 0.15) is 6.17 Å². The Labute approximate surface area is 71.2 Å². The van der Waals surface area contributed by atoms with Crippen molar-refractivity contribution in [3.63, 3.8) is 0 Å². The summed E-state index contributed by atoms with van der Waals surface area (Å²) in [6.07, 6.45) is -0.305. The van der Waals surface area contributed by atoms with Crippen LogP contribution < -0.4 is 0 Å². The lowest BCUT2D eigenvalue weighted by Gasteiger charge is -2.07. The first kappa shape index (κ1) is 7.74. The van der Waals surface area contributed by atoms with Gasteiger partial charge in [-0.25, -0.2) is 4.39 Å². The van der Waals surface area contributed by atoms with Crippen LogP contribution in [0, 0.1) is 0 Å². The Morgan fingerprint density at radius 2 is 2.00 bits per heavy atom. The molecule has 2 unspecified atom stereocenters. The van der Waals surface area contributed by atoms with Crippen LogP contribution in [0.25, 0.3) is 0 Å². The average Bonchev–Trinajstić information content (AvgIpc) is 2.54. The molecule has 1 nitrogen and oxygen atoms in total. The molecule has 0 spiro atoms. The standard InChI is InChI=1S/C10H11FO/c11-9-6-10(12-7-9)8-4-2-1-3-5-8/h1-5,9-10H,6-7H2. The number of alkyl halides is 1. The van der Waals surface area contributed by atoms with E-state index in [4.69, 9.17) is 4.74 Å². The maximum absolute atomic E-state index is 12.7. The summed E-state index contributed by atoms with van der Waals surface area (Å²) in [5.41, 5.74) is 1.08. The molecule has 1 heterocycles. The van der Waals surface area contributed by atoms with Gasteiger partial charge < -0.3 is 4.74 Å². The van der Waals surface area contributed by atoms with Gasteiger partial charge in [0.2, 0.25) is 0 Å². The molecule has 1 fully saturated rings. The Kier molecular flexibility index (Phi) is 2.09. The monoisotopic (exact) mass is 166 g/mol. The SMILES string of the molecule is FC1COC(c2ccccc2)C1. The maximum Gasteiger partial charge on any atom is 0.126 e. The van der Waals surface area contributed by atoms with Crippen molar-refractivity contribution in [3.8, 4) is 0 Å². The Hall–Kier alpha value is -0.890. The summed E-state index contributed by atoms with van der Waals surface area (Å²) in [5, 5.41) is 0. The Balaban J connectivity index is 2.11. The highest BCUT2D eigenvalue weighted by Gasteiger charge is 2.25. The second-order valence-electron chi connectivity index (χ2n) is 3.07. The summed E-state index contributed by atoms with van der Waals surface area (Å²) in [5.74, 6) is 0. The molecule has 12 heavy (non-hydrogen) atoms. The first-order valence-corrected chi connectivity index (χ1v) is 4.17. The molecule has 2 rings (SSSR count). The van der Waals surface area contributed by atoms with Gasteiger partial charge in [0, 0.05) is 6.42 Å². The Morgan fingerprint density at radius 3 is 2.58 bits per heavy atom. The minimum absolute atomic E-state index is 0.0267. The summed E-state index contributed by atoms with van der Waals surface area (Å²) < 4.78 is 18.0. The third-order valence-electron chi connectivity index (χ3n) is 2.12. The number of hydrogen-bond acceptors (Lipinski definition) is 1. The van der Waals surface area contributed by atoms with E-state index in [-0.39, 0.29) is 12.7 Å². The van der Waals surface area contributed by atoms with Crippen molar-refractivity contribution in [1.82, 2.24) is 0 Å². The number of hydrogen-bond donors (Lipinski definition) is 0. The molecule has 1 aliphatic heterocycles. The fraction of sp³-hybridized carbons (Fsp3) is 0.400. The van der Waals surface area contributed by atoms with Crippen molar-refractivity contribution >= 4 is 0 Å². The first-order valence-electron chi connectivity index (χ1n) is 4.17. The molecule has 0 radical (unpaired) electrons. The highest BCUT2D eigenvalue weighted by Crippen LogP contribution is 2.29. The lowest BCUT2D eigenvalue weighted by Crippen LogP contribution is -1.95. The van der Waals surface area contributed by atoms with Crippen molar-refractivity contribution in [2.45, 2.75) is 18.7 Å². The molecule has 2 atom stereocenters. The largest absolute Gasteiger partial charge is 0.370 e. The van der Waals surface area contributed by atoms with Crippen LogP contribution in [0.3, 0.4) is 0 Å². The van der Waals surface area contributed by atoms with Gasteiger partial charge in [-0.05, 0) is 5.56 Å². The zero-order valence-electron chi connectivity index (χ0n) is 6.74. The van der Waals surface area contributed by atoms with Crippen molar-refractivity contribution < 1.29 is 9.13 Å². The highest BCUT2D eigenvalue weighted by atomic mass is 19.1. The van der Waals surface area contributed by atoms with Crippen LogP contribution in [0.2, 0.25) is 0 Å². The molecular formula is C10H11FO. The molecule has 0 N–H and O–H groups in total. The van der Waals surface area contributed by atoms with Crippen LogP contribution in [0.4, 0.5) is 4.39 Å². The third-order valence-corrected chi connectivity index (χ3v) is 2.12. The molecule has 0 bridgehead atoms. The van der Waals surface area contributed by atoms with E-state index in [1.54, 1.807) is 0 Å². The van der Waals surface area contributed by atoms with Crippen molar-refractivity contribution in [2.75, 3.05) is 6.61 Å². The Morgan fingerprint density at radius 1 is 1.25 bits per heavy atom. The summed E-state index contributed by atoms with van der Waals surface area (Å²) in [7, 11) is 0. The molecule has 1 aromatic rings. The van der Waals surface area contributed by atoms with Gasteiger partial charge in [0.15, 0.2) is 0 Å². The number of halogens is 1. The molecule has 1 aromatic carbocycles. The van der Waals surface area contributed by atoms with Gasteiger partial charge in [-0.1, -0.05) is 30.3 Å². The van der Waals surface area contributed by atoms with Gasteiger partial charge in [-0.3, -0.25) is 0 Å². The number of ether oxygens (including phenoxy) is 1. The van der Waals surface area contributed by atoms with E-state index in [0.29, 0.717) is 6.42 Å². The number of rotatable bonds is 1. The molecule has 0 aromatic heterocycles. The van der Waals surface area contributed by atoms with Crippen LogP contribution in [-0.2, 0) is 4.74 Å². The maximum atomic E-state index is 12.7. The minimum Gasteiger partial charge on any atom is -0.370 e. The zero-order valence-corrected chi connectivity index (χ0v) is 6.74. The van der Waals surface area contributed by atoms with Crippen LogP contribution in [-0.4, -0.2) is 12.8 Å². The molecule has 0 saturated carbocycles. The smallest absolute Gasteiger partial charge is 0.126 e. The topological polar surface area (TPSA) is 9.23 Å². The average molecular weight is 166 g/mol. The lowest BCUT2D eigenvalue weighted by atomic mass is 10.1. The van der Waals surface area contributed by atoms with Gasteiger partial charge >= 0.3 is 0 Å². The van der Waals surface area contributed by atoms with Gasteiger partial charge in [0.05, 0.1) is 12.7 Å². The van der Waals surface area contributed by atoms with Crippen LogP contribution in [0.5, 0.6) is 0 Å². The third kappa shape index (κ3) is 1.48. The van der Waals surface area contributed by atoms with Crippen molar-refractivity contribution in [2.24, 2.45) is 0 Å². The van der Waals surface area contributed by atoms with Gasteiger partial charge in [-0.15, -0.1) is 0 Å². The summed E-state index contributed by atoms with van der Waals surface area (Å²) in [6.45, 7) is 0.250. The molecule has 0 amide bonds. The van der Waals surface area contributed by atoms with Crippen LogP contribution in [0.1, 0.15) is 18.1 Å². The van der Waals surface area contributed by atoms with E-state index < -0.39 is 6.17 Å². The highest BCUT2D eigenvalue weighted by molar-refractivity contribution is 5.18. The number of benzene rings is 1. The predicted octanol–water partition coefficient (Wildman–Crippen LogP) is 2.49. The zero-order chi connectivity index (χ0) is 8.39. The molecule has 1 aliphatic rings. The van der Waals surface area contributed by atoms with E-state index >= 15 is 0 Å². The van der Waals surface area contributed by atoms with Crippen molar-refractivity contribution in [3.05, 3.63) is 35.9 Å². The Bertz CT molecular complexity index is 247. The van der Waals surface area contributed by atoms with E-state index in [1.165, 1.54) is 0 Å². The van der Waals surface area contributed by atoms with E-state index in [9.17, 15) is 4.39 Å². The molecule has 1 saturated heterocycles. The quantitative estimate of drug-likeness (QED) is 0.622. The molecule has 0 aliphatic carbocycles. The fourth-order valence-electron chi connectivity index (χ4n) is 1.49. The first-order chi connectivity index (χ1) is 5.86. The normalized spacial score (nSPS) is 29.1. The summed E-state index contributed by atoms with van der Waals surface area (Å²) >= 11 is 0. The van der Waals surface area contributed by atoms with Gasteiger partial charge in [0.25, 0.3) is 0 Å². The second kappa shape index (κ2) is 3.23. The minimum atomic E-state index is -0.782. The van der Waals surface area contributed by atoms with Crippen LogP contribution in [0.15, 0.2) is 30.3 Å². The van der Waals surface area contributed by atoms with E-state index in [1.807, 2.05) is 30.3 Å². The fourth-order valence-corrected chi connectivity index (χ4v) is 1.49. The van der Waals surface area contributed by atoms with Crippen molar-refractivity contribution in [1.29, 1.82) is 0 Å². The lowest BCUT2D eigenvalue weighted by molar-refractivity contribution is 0.104. The van der Waals surface area contributed by atoms with E-state index in [2.05, 4.69) is 0 Å². The summed E-state index contributed by atoms with van der Waals surface area (Å²) in [6, 6.07) is 9.80. The van der Waals surface area contributed by atoms with E-state index in [0.717, 1.165) is 5.56 Å². The second-order valence-corrected chi connectivity index (χ2v) is 3.07. The summed E-state index contributed by atoms with van der Waals surface area (Å²) in [4.78, 5) is 0.